The Kier molecular flexibility index (Phi) is 8.72. The lowest BCUT2D eigenvalue weighted by atomic mass is 9.99. The molecule has 2 rings (SSSR count). The third-order valence-corrected chi connectivity index (χ3v) is 4.78. The number of halogens is 1. The van der Waals surface area contributed by atoms with Crippen molar-refractivity contribution in [3.05, 3.63) is 29.8 Å². The summed E-state index contributed by atoms with van der Waals surface area (Å²) in [5, 5.41) is 2.59. The Morgan fingerprint density at radius 3 is 2.59 bits per heavy atom. The Bertz CT molecular complexity index is 683. The highest BCUT2D eigenvalue weighted by Gasteiger charge is 2.39. The SMILES string of the molecule is CCOC(=O)[C@@H]1Cc2ccccc2N1C(=O)CNC(=O)[C@@H](N)[C@@H](C)CC.Cl. The predicted molar refractivity (Wildman–Crippen MR) is 106 cm³/mol. The molecule has 1 aliphatic heterocycles. The van der Waals surface area contributed by atoms with Crippen molar-refractivity contribution in [2.45, 2.75) is 45.7 Å². The first-order chi connectivity index (χ1) is 12.4. The summed E-state index contributed by atoms with van der Waals surface area (Å²) in [6, 6.07) is 5.97. The Hall–Kier alpha value is -2.12. The van der Waals surface area contributed by atoms with Crippen molar-refractivity contribution < 1.29 is 19.1 Å². The van der Waals surface area contributed by atoms with Crippen LogP contribution >= 0.6 is 12.4 Å². The Morgan fingerprint density at radius 1 is 1.30 bits per heavy atom. The molecule has 0 aromatic heterocycles. The van der Waals surface area contributed by atoms with Crippen LogP contribution in [0.15, 0.2) is 24.3 Å². The largest absolute Gasteiger partial charge is 0.464 e. The monoisotopic (exact) mass is 397 g/mol. The molecule has 0 spiro atoms. The first-order valence-electron chi connectivity index (χ1n) is 9.00. The number of anilines is 1. The first-order valence-corrected chi connectivity index (χ1v) is 9.00. The van der Waals surface area contributed by atoms with E-state index >= 15 is 0 Å². The van der Waals surface area contributed by atoms with Gasteiger partial charge < -0.3 is 15.8 Å². The molecular formula is C19H28ClN3O4. The fourth-order valence-corrected chi connectivity index (χ4v) is 3.00. The maximum Gasteiger partial charge on any atom is 0.329 e. The highest BCUT2D eigenvalue weighted by molar-refractivity contribution is 6.04. The van der Waals surface area contributed by atoms with Crippen molar-refractivity contribution in [2.24, 2.45) is 11.7 Å². The minimum Gasteiger partial charge on any atom is -0.464 e. The summed E-state index contributed by atoms with van der Waals surface area (Å²) >= 11 is 0. The minimum absolute atomic E-state index is 0. The summed E-state index contributed by atoms with van der Waals surface area (Å²) in [5.74, 6) is -1.16. The van der Waals surface area contributed by atoms with Crippen molar-refractivity contribution in [1.82, 2.24) is 5.32 Å². The van der Waals surface area contributed by atoms with Gasteiger partial charge >= 0.3 is 5.97 Å². The summed E-state index contributed by atoms with van der Waals surface area (Å²) in [4.78, 5) is 38.6. The van der Waals surface area contributed by atoms with E-state index in [1.165, 1.54) is 4.90 Å². The summed E-state index contributed by atoms with van der Waals surface area (Å²) in [5.41, 5.74) is 7.47. The number of hydrogen-bond acceptors (Lipinski definition) is 5. The molecule has 1 aromatic carbocycles. The molecular weight excluding hydrogens is 370 g/mol. The molecule has 0 saturated carbocycles. The van der Waals surface area contributed by atoms with Crippen molar-refractivity contribution in [2.75, 3.05) is 18.1 Å². The molecule has 3 atom stereocenters. The number of nitrogens with zero attached hydrogens (tertiary/aromatic N) is 1. The number of para-hydroxylation sites is 1. The molecule has 8 heteroatoms. The molecule has 7 nitrogen and oxygen atoms in total. The van der Waals surface area contributed by atoms with Crippen LogP contribution in [-0.4, -0.2) is 43.0 Å². The van der Waals surface area contributed by atoms with E-state index in [2.05, 4.69) is 5.32 Å². The number of benzene rings is 1. The molecule has 2 amide bonds. The molecule has 150 valence electrons. The van der Waals surface area contributed by atoms with E-state index in [0.29, 0.717) is 12.1 Å². The van der Waals surface area contributed by atoms with Crippen LogP contribution in [0.1, 0.15) is 32.8 Å². The lowest BCUT2D eigenvalue weighted by Crippen LogP contribution is -2.51. The number of esters is 1. The van der Waals surface area contributed by atoms with Crippen LogP contribution in [0.4, 0.5) is 5.69 Å². The molecule has 0 saturated heterocycles. The summed E-state index contributed by atoms with van der Waals surface area (Å²) in [7, 11) is 0. The van der Waals surface area contributed by atoms with Crippen LogP contribution in [0.3, 0.4) is 0 Å². The van der Waals surface area contributed by atoms with Crippen molar-refractivity contribution >= 4 is 35.9 Å². The second kappa shape index (κ2) is 10.3. The standard InChI is InChI=1S/C19H27N3O4.ClH/c1-4-12(3)17(20)18(24)21-11-16(23)22-14-9-7-6-8-13(14)10-15(22)19(25)26-5-2;/h6-9,12,15,17H,4-5,10-11,20H2,1-3H3,(H,21,24);1H/t12-,15-,17-;/m0./s1. The molecule has 0 fully saturated rings. The van der Waals surface area contributed by atoms with Gasteiger partial charge in [-0.1, -0.05) is 38.5 Å². The highest BCUT2D eigenvalue weighted by Crippen LogP contribution is 2.32. The Balaban J connectivity index is 0.00000364. The highest BCUT2D eigenvalue weighted by atomic mass is 35.5. The van der Waals surface area contributed by atoms with Crippen LogP contribution in [0, 0.1) is 5.92 Å². The molecule has 27 heavy (non-hydrogen) atoms. The third-order valence-electron chi connectivity index (χ3n) is 4.78. The molecule has 1 aliphatic rings. The quantitative estimate of drug-likeness (QED) is 0.677. The van der Waals surface area contributed by atoms with E-state index < -0.39 is 18.1 Å². The average molecular weight is 398 g/mol. The number of nitrogens with one attached hydrogen (secondary N) is 1. The number of hydrogen-bond donors (Lipinski definition) is 2. The van der Waals surface area contributed by atoms with E-state index in [1.807, 2.05) is 32.0 Å². The van der Waals surface area contributed by atoms with Gasteiger partial charge in [0.05, 0.1) is 19.2 Å². The second-order valence-electron chi connectivity index (χ2n) is 6.49. The topological polar surface area (TPSA) is 102 Å². The minimum atomic E-state index is -0.708. The maximum absolute atomic E-state index is 12.8. The van der Waals surface area contributed by atoms with Gasteiger partial charge in [-0.15, -0.1) is 12.4 Å². The van der Waals surface area contributed by atoms with Gasteiger partial charge in [0.25, 0.3) is 0 Å². The van der Waals surface area contributed by atoms with Crippen molar-refractivity contribution in [3.63, 3.8) is 0 Å². The molecule has 0 aliphatic carbocycles. The van der Waals surface area contributed by atoms with Crippen LogP contribution < -0.4 is 16.0 Å². The van der Waals surface area contributed by atoms with E-state index in [4.69, 9.17) is 10.5 Å². The number of carbonyl (C=O) groups is 3. The maximum atomic E-state index is 12.8. The number of carbonyl (C=O) groups excluding carboxylic acids is 3. The average Bonchev–Trinajstić information content (AvgIpc) is 3.04. The van der Waals surface area contributed by atoms with Gasteiger partial charge in [-0.25, -0.2) is 4.79 Å². The van der Waals surface area contributed by atoms with Crippen molar-refractivity contribution in [3.8, 4) is 0 Å². The van der Waals surface area contributed by atoms with E-state index in [-0.39, 0.29) is 43.3 Å². The van der Waals surface area contributed by atoms with Crippen LogP contribution in [0.25, 0.3) is 0 Å². The normalized spacial score (nSPS) is 17.3. The molecule has 0 unspecified atom stereocenters. The van der Waals surface area contributed by atoms with Crippen LogP contribution in [-0.2, 0) is 25.5 Å². The van der Waals surface area contributed by atoms with E-state index in [9.17, 15) is 14.4 Å². The number of ether oxygens (including phenoxy) is 1. The molecule has 1 aromatic rings. The second-order valence-corrected chi connectivity index (χ2v) is 6.49. The van der Waals surface area contributed by atoms with Crippen LogP contribution in [0.5, 0.6) is 0 Å². The summed E-state index contributed by atoms with van der Waals surface area (Å²) < 4.78 is 5.11. The fraction of sp³-hybridized carbons (Fsp3) is 0.526. The van der Waals surface area contributed by atoms with Crippen LogP contribution in [0.2, 0.25) is 0 Å². The lowest BCUT2D eigenvalue weighted by Gasteiger charge is -2.25. The number of rotatable bonds is 7. The number of fused-ring (bicyclic) bond motifs is 1. The lowest BCUT2D eigenvalue weighted by molar-refractivity contribution is -0.145. The Morgan fingerprint density at radius 2 is 1.96 bits per heavy atom. The van der Waals surface area contributed by atoms with Gasteiger partial charge in [0.2, 0.25) is 11.8 Å². The number of amides is 2. The summed E-state index contributed by atoms with van der Waals surface area (Å²) in [6.45, 7) is 5.59. The smallest absolute Gasteiger partial charge is 0.329 e. The zero-order chi connectivity index (χ0) is 19.3. The van der Waals surface area contributed by atoms with Gasteiger partial charge in [-0.05, 0) is 24.5 Å². The molecule has 0 bridgehead atoms. The zero-order valence-corrected chi connectivity index (χ0v) is 16.8. The predicted octanol–water partition coefficient (Wildman–Crippen LogP) is 1.42. The van der Waals surface area contributed by atoms with Gasteiger partial charge in [0.1, 0.15) is 6.04 Å². The first kappa shape index (κ1) is 22.9. The van der Waals surface area contributed by atoms with Gasteiger partial charge in [-0.2, -0.15) is 0 Å². The van der Waals surface area contributed by atoms with Gasteiger partial charge in [-0.3, -0.25) is 14.5 Å². The zero-order valence-electron chi connectivity index (χ0n) is 15.9. The van der Waals surface area contributed by atoms with E-state index in [0.717, 1.165) is 12.0 Å². The van der Waals surface area contributed by atoms with Gasteiger partial charge in [0.15, 0.2) is 0 Å². The Labute approximate surface area is 166 Å². The fourth-order valence-electron chi connectivity index (χ4n) is 3.00. The number of nitrogens with two attached hydrogens (primary N) is 1. The van der Waals surface area contributed by atoms with E-state index in [1.54, 1.807) is 13.0 Å². The van der Waals surface area contributed by atoms with Crippen molar-refractivity contribution in [1.29, 1.82) is 0 Å². The third kappa shape index (κ3) is 5.20. The summed E-state index contributed by atoms with van der Waals surface area (Å²) in [6.07, 6.45) is 1.17. The molecule has 3 N–H and O–H groups in total. The molecule has 1 heterocycles. The van der Waals surface area contributed by atoms with Gasteiger partial charge in [0, 0.05) is 12.1 Å². The molecule has 0 radical (unpaired) electrons.